The van der Waals surface area contributed by atoms with Gasteiger partial charge >= 0.3 is 0 Å². The highest BCUT2D eigenvalue weighted by atomic mass is 15.0. The quantitative estimate of drug-likeness (QED) is 0.646. The van der Waals surface area contributed by atoms with E-state index >= 15 is 0 Å². The Morgan fingerprint density at radius 1 is 1.18 bits per heavy atom. The van der Waals surface area contributed by atoms with Crippen molar-refractivity contribution in [3.8, 4) is 11.8 Å². The lowest BCUT2D eigenvalue weighted by Gasteiger charge is -2.00. The van der Waals surface area contributed by atoms with Crippen LogP contribution in [0.1, 0.15) is 28.7 Å². The standard InChI is InChI=1S/C19H17N3/c1-22-12-15(18-10-16(20)11-21-19(18)22)9-8-14-5-2-4-13-6-3-7-17(13)14/h2,4-5,10-12H,3,6-7,20H2,1H3. The van der Waals surface area contributed by atoms with Crippen LogP contribution in [0.15, 0.2) is 36.7 Å². The molecule has 2 heterocycles. The van der Waals surface area contributed by atoms with Gasteiger partial charge in [0.25, 0.3) is 0 Å². The number of fused-ring (bicyclic) bond motifs is 2. The Hall–Kier alpha value is -2.73. The minimum atomic E-state index is 0.669. The maximum atomic E-state index is 5.86. The number of nitrogens with zero attached hydrogens (tertiary/aromatic N) is 2. The molecule has 3 aromatic rings. The summed E-state index contributed by atoms with van der Waals surface area (Å²) >= 11 is 0. The zero-order chi connectivity index (χ0) is 15.1. The van der Waals surface area contributed by atoms with Gasteiger partial charge in [-0.1, -0.05) is 24.0 Å². The van der Waals surface area contributed by atoms with Gasteiger partial charge in [-0.25, -0.2) is 4.98 Å². The van der Waals surface area contributed by atoms with Crippen LogP contribution in [-0.4, -0.2) is 9.55 Å². The number of aryl methyl sites for hydroxylation is 2. The third-order valence-corrected chi connectivity index (χ3v) is 4.31. The predicted molar refractivity (Wildman–Crippen MR) is 89.6 cm³/mol. The van der Waals surface area contributed by atoms with Crippen molar-refractivity contribution >= 4 is 16.7 Å². The van der Waals surface area contributed by atoms with Gasteiger partial charge in [0, 0.05) is 24.2 Å². The van der Waals surface area contributed by atoms with Crippen LogP contribution in [0.3, 0.4) is 0 Å². The van der Waals surface area contributed by atoms with E-state index in [0.29, 0.717) is 5.69 Å². The number of hydrogen-bond donors (Lipinski definition) is 1. The number of nitrogen functional groups attached to an aromatic ring is 1. The van der Waals surface area contributed by atoms with Crippen LogP contribution in [0.5, 0.6) is 0 Å². The molecule has 4 rings (SSSR count). The summed E-state index contributed by atoms with van der Waals surface area (Å²) in [7, 11) is 1.98. The fraction of sp³-hybridized carbons (Fsp3) is 0.211. The van der Waals surface area contributed by atoms with E-state index in [1.807, 2.05) is 23.9 Å². The van der Waals surface area contributed by atoms with Crippen molar-refractivity contribution in [3.63, 3.8) is 0 Å². The van der Waals surface area contributed by atoms with Gasteiger partial charge in [0.1, 0.15) is 5.65 Å². The van der Waals surface area contributed by atoms with E-state index < -0.39 is 0 Å². The molecule has 0 radical (unpaired) electrons. The fourth-order valence-electron chi connectivity index (χ4n) is 3.25. The second kappa shape index (κ2) is 4.92. The smallest absolute Gasteiger partial charge is 0.141 e. The van der Waals surface area contributed by atoms with Crippen LogP contribution in [-0.2, 0) is 19.9 Å². The molecule has 0 unspecified atom stereocenters. The van der Waals surface area contributed by atoms with E-state index in [1.54, 1.807) is 6.20 Å². The monoisotopic (exact) mass is 287 g/mol. The molecule has 0 saturated heterocycles. The van der Waals surface area contributed by atoms with E-state index in [4.69, 9.17) is 5.73 Å². The van der Waals surface area contributed by atoms with Crippen LogP contribution in [0, 0.1) is 11.8 Å². The van der Waals surface area contributed by atoms with Crippen molar-refractivity contribution in [2.45, 2.75) is 19.3 Å². The number of rotatable bonds is 0. The van der Waals surface area contributed by atoms with Crippen LogP contribution in [0.2, 0.25) is 0 Å². The molecule has 22 heavy (non-hydrogen) atoms. The van der Waals surface area contributed by atoms with Gasteiger partial charge < -0.3 is 10.3 Å². The zero-order valence-corrected chi connectivity index (χ0v) is 12.6. The summed E-state index contributed by atoms with van der Waals surface area (Å²) in [6.45, 7) is 0. The van der Waals surface area contributed by atoms with E-state index in [0.717, 1.165) is 28.6 Å². The molecule has 3 heteroatoms. The molecule has 108 valence electrons. The van der Waals surface area contributed by atoms with Gasteiger partial charge in [-0.3, -0.25) is 0 Å². The van der Waals surface area contributed by atoms with E-state index in [2.05, 4.69) is 35.0 Å². The largest absolute Gasteiger partial charge is 0.397 e. The number of benzene rings is 1. The Morgan fingerprint density at radius 2 is 2.05 bits per heavy atom. The first-order chi connectivity index (χ1) is 10.7. The first kappa shape index (κ1) is 13.0. The van der Waals surface area contributed by atoms with Crippen molar-refractivity contribution < 1.29 is 0 Å². The van der Waals surface area contributed by atoms with Crippen LogP contribution in [0.25, 0.3) is 11.0 Å². The third-order valence-electron chi connectivity index (χ3n) is 4.31. The summed E-state index contributed by atoms with van der Waals surface area (Å²) in [6, 6.07) is 8.39. The van der Waals surface area contributed by atoms with Gasteiger partial charge in [0.05, 0.1) is 17.4 Å². The molecule has 1 aliphatic rings. The van der Waals surface area contributed by atoms with Crippen molar-refractivity contribution in [1.29, 1.82) is 0 Å². The minimum absolute atomic E-state index is 0.669. The van der Waals surface area contributed by atoms with Crippen LogP contribution < -0.4 is 5.73 Å². The van der Waals surface area contributed by atoms with Crippen LogP contribution in [0.4, 0.5) is 5.69 Å². The first-order valence-electron chi connectivity index (χ1n) is 7.56. The number of aromatic nitrogens is 2. The van der Waals surface area contributed by atoms with Crippen molar-refractivity contribution in [2.75, 3.05) is 5.73 Å². The van der Waals surface area contributed by atoms with E-state index in [-0.39, 0.29) is 0 Å². The van der Waals surface area contributed by atoms with Crippen molar-refractivity contribution in [2.24, 2.45) is 7.05 Å². The zero-order valence-electron chi connectivity index (χ0n) is 12.6. The van der Waals surface area contributed by atoms with Crippen LogP contribution >= 0.6 is 0 Å². The lowest BCUT2D eigenvalue weighted by molar-refractivity contribution is 0.911. The molecular weight excluding hydrogens is 270 g/mol. The molecule has 1 aliphatic carbocycles. The van der Waals surface area contributed by atoms with Gasteiger partial charge in [0.15, 0.2) is 0 Å². The van der Waals surface area contributed by atoms with Gasteiger partial charge in [-0.15, -0.1) is 0 Å². The molecule has 2 aromatic heterocycles. The lowest BCUT2D eigenvalue weighted by Crippen LogP contribution is -1.90. The van der Waals surface area contributed by atoms with Gasteiger partial charge in [-0.05, 0) is 42.5 Å². The average Bonchev–Trinajstić information content (AvgIpc) is 3.10. The topological polar surface area (TPSA) is 43.8 Å². The molecule has 1 aromatic carbocycles. The maximum absolute atomic E-state index is 5.86. The molecule has 2 N–H and O–H groups in total. The minimum Gasteiger partial charge on any atom is -0.397 e. The SMILES string of the molecule is Cn1cc(C#Cc2cccc3c2CCC3)c2cc(N)cnc21. The van der Waals surface area contributed by atoms with E-state index in [9.17, 15) is 0 Å². The molecule has 0 bridgehead atoms. The molecule has 0 saturated carbocycles. The molecule has 0 spiro atoms. The third kappa shape index (κ3) is 2.05. The number of hydrogen-bond acceptors (Lipinski definition) is 2. The van der Waals surface area contributed by atoms with Crippen molar-refractivity contribution in [1.82, 2.24) is 9.55 Å². The summed E-state index contributed by atoms with van der Waals surface area (Å²) < 4.78 is 1.99. The highest BCUT2D eigenvalue weighted by molar-refractivity contribution is 5.86. The molecule has 0 amide bonds. The second-order valence-electron chi connectivity index (χ2n) is 5.84. The van der Waals surface area contributed by atoms with Gasteiger partial charge in [-0.2, -0.15) is 0 Å². The number of nitrogens with two attached hydrogens (primary N) is 1. The molecule has 0 atom stereocenters. The van der Waals surface area contributed by atoms with E-state index in [1.165, 1.54) is 24.0 Å². The number of pyridine rings is 1. The summed E-state index contributed by atoms with van der Waals surface area (Å²) in [4.78, 5) is 4.38. The second-order valence-corrected chi connectivity index (χ2v) is 5.84. The molecule has 0 aliphatic heterocycles. The molecular formula is C19H17N3. The lowest BCUT2D eigenvalue weighted by atomic mass is 10.0. The first-order valence-corrected chi connectivity index (χ1v) is 7.56. The highest BCUT2D eigenvalue weighted by Crippen LogP contribution is 2.25. The fourth-order valence-corrected chi connectivity index (χ4v) is 3.25. The Balaban J connectivity index is 1.83. The van der Waals surface area contributed by atoms with Gasteiger partial charge in [0.2, 0.25) is 0 Å². The highest BCUT2D eigenvalue weighted by Gasteiger charge is 2.13. The number of anilines is 1. The van der Waals surface area contributed by atoms with Crippen molar-refractivity contribution in [3.05, 3.63) is 58.9 Å². The Bertz CT molecular complexity index is 938. The maximum Gasteiger partial charge on any atom is 0.141 e. The summed E-state index contributed by atoms with van der Waals surface area (Å²) in [5.74, 6) is 6.67. The normalized spacial score (nSPS) is 13.0. The average molecular weight is 287 g/mol. The molecule has 0 fully saturated rings. The predicted octanol–water partition coefficient (Wildman–Crippen LogP) is 3.04. The summed E-state index contributed by atoms with van der Waals surface area (Å²) in [5, 5.41) is 1.02. The Labute approximate surface area is 129 Å². The Kier molecular flexibility index (Phi) is 2.90. The Morgan fingerprint density at radius 3 is 2.95 bits per heavy atom. The summed E-state index contributed by atoms with van der Waals surface area (Å²) in [6.07, 6.45) is 7.27. The summed E-state index contributed by atoms with van der Waals surface area (Å²) in [5.41, 5.74) is 12.5. The molecule has 3 nitrogen and oxygen atoms in total.